The maximum Gasteiger partial charge on any atom is 0.305 e. The summed E-state index contributed by atoms with van der Waals surface area (Å²) in [5.41, 5.74) is 1.11. The number of amides is 1. The lowest BCUT2D eigenvalue weighted by molar-refractivity contribution is -0.137. The summed E-state index contributed by atoms with van der Waals surface area (Å²) in [6.07, 6.45) is 1.57. The van der Waals surface area contributed by atoms with E-state index in [2.05, 4.69) is 10.4 Å². The molecule has 1 aromatic heterocycles. The molecule has 1 atom stereocenters. The molecule has 0 bridgehead atoms. The van der Waals surface area contributed by atoms with Crippen molar-refractivity contribution in [3.8, 4) is 5.69 Å². The number of carbonyl (C=O) groups is 2. The smallest absolute Gasteiger partial charge is 0.305 e. The Morgan fingerprint density at radius 3 is 2.65 bits per heavy atom. The summed E-state index contributed by atoms with van der Waals surface area (Å²) in [6, 6.07) is 10.6. The Balaban J connectivity index is 2.05. The number of carbonyl (C=O) groups excluding carboxylic acids is 1. The summed E-state index contributed by atoms with van der Waals surface area (Å²) < 4.78 is 1.59. The Kier molecular flexibility index (Phi) is 4.14. The van der Waals surface area contributed by atoms with Crippen molar-refractivity contribution in [2.75, 3.05) is 0 Å². The van der Waals surface area contributed by atoms with Gasteiger partial charge in [0, 0.05) is 12.2 Å². The van der Waals surface area contributed by atoms with Crippen LogP contribution in [0.5, 0.6) is 0 Å². The summed E-state index contributed by atoms with van der Waals surface area (Å²) in [5, 5.41) is 15.4. The highest BCUT2D eigenvalue weighted by molar-refractivity contribution is 5.92. The summed E-state index contributed by atoms with van der Waals surface area (Å²) in [4.78, 5) is 22.4. The molecule has 0 aliphatic heterocycles. The zero-order chi connectivity index (χ0) is 14.5. The Morgan fingerprint density at radius 2 is 2.00 bits per heavy atom. The van der Waals surface area contributed by atoms with Gasteiger partial charge in [0.1, 0.15) is 0 Å². The van der Waals surface area contributed by atoms with E-state index >= 15 is 0 Å². The zero-order valence-electron chi connectivity index (χ0n) is 11.0. The second-order valence-electron chi connectivity index (χ2n) is 4.45. The number of nitrogens with zero attached hydrogens (tertiary/aromatic N) is 2. The Hall–Kier alpha value is -2.63. The number of hydrogen-bond acceptors (Lipinski definition) is 3. The van der Waals surface area contributed by atoms with Crippen molar-refractivity contribution in [2.24, 2.45) is 0 Å². The number of para-hydroxylation sites is 1. The van der Waals surface area contributed by atoms with Crippen LogP contribution in [0.25, 0.3) is 5.69 Å². The molecule has 0 fully saturated rings. The molecule has 0 spiro atoms. The van der Waals surface area contributed by atoms with Crippen LogP contribution in [0.15, 0.2) is 42.6 Å². The summed E-state index contributed by atoms with van der Waals surface area (Å²) in [5.74, 6) is -1.33. The quantitative estimate of drug-likeness (QED) is 0.864. The van der Waals surface area contributed by atoms with Gasteiger partial charge in [0.25, 0.3) is 5.91 Å². The minimum absolute atomic E-state index is 0.120. The monoisotopic (exact) mass is 273 g/mol. The second-order valence-corrected chi connectivity index (χ2v) is 4.45. The molecule has 2 rings (SSSR count). The predicted molar refractivity (Wildman–Crippen MR) is 72.7 cm³/mol. The van der Waals surface area contributed by atoms with E-state index in [0.717, 1.165) is 5.69 Å². The van der Waals surface area contributed by atoms with Gasteiger partial charge in [0.2, 0.25) is 0 Å². The van der Waals surface area contributed by atoms with Gasteiger partial charge in [-0.1, -0.05) is 18.2 Å². The molecule has 2 N–H and O–H groups in total. The van der Waals surface area contributed by atoms with Crippen LogP contribution in [0, 0.1) is 0 Å². The molecular formula is C14H15N3O3. The first kappa shape index (κ1) is 13.8. The lowest BCUT2D eigenvalue weighted by Crippen LogP contribution is -2.34. The van der Waals surface area contributed by atoms with Crippen LogP contribution >= 0.6 is 0 Å². The van der Waals surface area contributed by atoms with E-state index in [1.807, 2.05) is 30.3 Å². The van der Waals surface area contributed by atoms with Gasteiger partial charge in [-0.25, -0.2) is 4.68 Å². The zero-order valence-corrected chi connectivity index (χ0v) is 11.0. The maximum absolute atomic E-state index is 11.9. The Morgan fingerprint density at radius 1 is 1.30 bits per heavy atom. The van der Waals surface area contributed by atoms with Crippen LogP contribution in [0.4, 0.5) is 0 Å². The van der Waals surface area contributed by atoms with Crippen LogP contribution in [-0.4, -0.2) is 32.8 Å². The van der Waals surface area contributed by atoms with Crippen LogP contribution in [0.2, 0.25) is 0 Å². The molecule has 0 saturated heterocycles. The third kappa shape index (κ3) is 3.44. The van der Waals surface area contributed by atoms with Crippen molar-refractivity contribution in [1.29, 1.82) is 0 Å². The van der Waals surface area contributed by atoms with E-state index in [-0.39, 0.29) is 18.0 Å². The number of rotatable bonds is 5. The molecule has 0 saturated carbocycles. The molecule has 1 unspecified atom stereocenters. The first-order valence-corrected chi connectivity index (χ1v) is 6.20. The maximum atomic E-state index is 11.9. The fourth-order valence-corrected chi connectivity index (χ4v) is 1.78. The molecule has 0 radical (unpaired) electrons. The van der Waals surface area contributed by atoms with Crippen molar-refractivity contribution >= 4 is 11.9 Å². The standard InChI is InChI=1S/C14H15N3O3/c1-10(9-13(18)19)15-14(20)12-7-8-17(16-12)11-5-3-2-4-6-11/h2-8,10H,9H2,1H3,(H,15,20)(H,18,19). The Labute approximate surface area is 116 Å². The number of carboxylic acids is 1. The average Bonchev–Trinajstić information content (AvgIpc) is 2.88. The lowest BCUT2D eigenvalue weighted by Gasteiger charge is -2.09. The molecule has 0 aliphatic carbocycles. The van der Waals surface area contributed by atoms with Gasteiger partial charge in [-0.3, -0.25) is 9.59 Å². The van der Waals surface area contributed by atoms with Crippen LogP contribution in [0.1, 0.15) is 23.8 Å². The molecule has 0 aliphatic rings. The molecule has 20 heavy (non-hydrogen) atoms. The fraction of sp³-hybridized carbons (Fsp3) is 0.214. The molecule has 2 aromatic rings. The van der Waals surface area contributed by atoms with Gasteiger partial charge < -0.3 is 10.4 Å². The van der Waals surface area contributed by atoms with Gasteiger partial charge in [0.15, 0.2) is 5.69 Å². The van der Waals surface area contributed by atoms with E-state index in [1.54, 1.807) is 23.9 Å². The third-order valence-corrected chi connectivity index (χ3v) is 2.70. The molecule has 1 amide bonds. The van der Waals surface area contributed by atoms with Gasteiger partial charge in [-0.2, -0.15) is 5.10 Å². The minimum Gasteiger partial charge on any atom is -0.481 e. The highest BCUT2D eigenvalue weighted by atomic mass is 16.4. The number of carboxylic acid groups (broad SMARTS) is 1. The van der Waals surface area contributed by atoms with Crippen LogP contribution in [-0.2, 0) is 4.79 Å². The van der Waals surface area contributed by atoms with Gasteiger partial charge in [-0.15, -0.1) is 0 Å². The van der Waals surface area contributed by atoms with E-state index in [9.17, 15) is 9.59 Å². The van der Waals surface area contributed by atoms with Crippen molar-refractivity contribution in [2.45, 2.75) is 19.4 Å². The number of aromatic nitrogens is 2. The molecule has 6 nitrogen and oxygen atoms in total. The van der Waals surface area contributed by atoms with E-state index in [4.69, 9.17) is 5.11 Å². The largest absolute Gasteiger partial charge is 0.481 e. The van der Waals surface area contributed by atoms with Crippen LogP contribution in [0.3, 0.4) is 0 Å². The molecule has 1 heterocycles. The number of benzene rings is 1. The van der Waals surface area contributed by atoms with Crippen molar-refractivity contribution < 1.29 is 14.7 Å². The lowest BCUT2D eigenvalue weighted by atomic mass is 10.2. The van der Waals surface area contributed by atoms with Crippen molar-refractivity contribution in [1.82, 2.24) is 15.1 Å². The third-order valence-electron chi connectivity index (χ3n) is 2.70. The minimum atomic E-state index is -0.951. The number of nitrogens with one attached hydrogen (secondary N) is 1. The summed E-state index contributed by atoms with van der Waals surface area (Å²) in [6.45, 7) is 1.64. The van der Waals surface area contributed by atoms with Gasteiger partial charge in [-0.05, 0) is 25.1 Å². The summed E-state index contributed by atoms with van der Waals surface area (Å²) in [7, 11) is 0. The van der Waals surface area contributed by atoms with Gasteiger partial charge >= 0.3 is 5.97 Å². The molecule has 6 heteroatoms. The van der Waals surface area contributed by atoms with Crippen molar-refractivity contribution in [3.05, 3.63) is 48.3 Å². The van der Waals surface area contributed by atoms with E-state index < -0.39 is 12.0 Å². The molecular weight excluding hydrogens is 258 g/mol. The van der Waals surface area contributed by atoms with E-state index in [1.165, 1.54) is 0 Å². The first-order chi connectivity index (χ1) is 9.56. The average molecular weight is 273 g/mol. The van der Waals surface area contributed by atoms with Crippen molar-refractivity contribution in [3.63, 3.8) is 0 Å². The normalized spacial score (nSPS) is 11.8. The highest BCUT2D eigenvalue weighted by Gasteiger charge is 2.14. The topological polar surface area (TPSA) is 84.2 Å². The fourth-order valence-electron chi connectivity index (χ4n) is 1.78. The predicted octanol–water partition coefficient (Wildman–Crippen LogP) is 1.47. The molecule has 1 aromatic carbocycles. The SMILES string of the molecule is CC(CC(=O)O)NC(=O)c1ccn(-c2ccccc2)n1. The molecule has 104 valence electrons. The number of aliphatic carboxylic acids is 1. The highest BCUT2D eigenvalue weighted by Crippen LogP contribution is 2.07. The van der Waals surface area contributed by atoms with Gasteiger partial charge in [0.05, 0.1) is 12.1 Å². The number of hydrogen-bond donors (Lipinski definition) is 2. The summed E-state index contributed by atoms with van der Waals surface area (Å²) >= 11 is 0. The Bertz CT molecular complexity index is 607. The first-order valence-electron chi connectivity index (χ1n) is 6.20. The van der Waals surface area contributed by atoms with E-state index in [0.29, 0.717) is 0 Å². The van der Waals surface area contributed by atoms with Crippen LogP contribution < -0.4 is 5.32 Å². The second kappa shape index (κ2) is 6.01.